The molecule has 0 saturated carbocycles. The maximum atomic E-state index is 12.3. The highest BCUT2D eigenvalue weighted by Gasteiger charge is 2.21. The van der Waals surface area contributed by atoms with Gasteiger partial charge in [0.1, 0.15) is 11.3 Å². The van der Waals surface area contributed by atoms with Gasteiger partial charge in [0.05, 0.1) is 0 Å². The zero-order chi connectivity index (χ0) is 18.6. The molecule has 0 saturated heterocycles. The molecule has 2 rings (SSSR count). The number of amides is 1. The van der Waals surface area contributed by atoms with Crippen LogP contribution in [0.3, 0.4) is 0 Å². The molecule has 10 nitrogen and oxygen atoms in total. The van der Waals surface area contributed by atoms with E-state index in [2.05, 4.69) is 20.4 Å². The van der Waals surface area contributed by atoms with E-state index < -0.39 is 11.9 Å². The molecule has 25 heavy (non-hydrogen) atoms. The zero-order valence-corrected chi connectivity index (χ0v) is 14.1. The van der Waals surface area contributed by atoms with Crippen LogP contribution in [0.5, 0.6) is 0 Å². The van der Waals surface area contributed by atoms with Crippen molar-refractivity contribution in [2.24, 2.45) is 10.7 Å². The van der Waals surface area contributed by atoms with Gasteiger partial charge in [-0.1, -0.05) is 0 Å². The maximum absolute atomic E-state index is 12.3. The van der Waals surface area contributed by atoms with E-state index in [0.717, 1.165) is 12.7 Å². The van der Waals surface area contributed by atoms with Crippen LogP contribution in [0, 0.1) is 0 Å². The number of nitrogens with one attached hydrogen (secondary N) is 1. The quantitative estimate of drug-likeness (QED) is 0.499. The number of pyridine rings is 1. The lowest BCUT2D eigenvalue weighted by molar-refractivity contribution is -0.132. The molecule has 0 aliphatic rings. The first-order chi connectivity index (χ1) is 11.9. The highest BCUT2D eigenvalue weighted by atomic mass is 16.4. The van der Waals surface area contributed by atoms with Gasteiger partial charge in [-0.25, -0.2) is 9.31 Å². The van der Waals surface area contributed by atoms with E-state index in [4.69, 9.17) is 10.8 Å². The number of nitrogens with zero attached hydrogens (tertiary/aromatic N) is 5. The van der Waals surface area contributed by atoms with Crippen molar-refractivity contribution >= 4 is 34.9 Å². The number of anilines is 2. The second-order valence-electron chi connectivity index (χ2n) is 5.06. The van der Waals surface area contributed by atoms with Crippen molar-refractivity contribution in [3.63, 3.8) is 0 Å². The Morgan fingerprint density at radius 3 is 2.80 bits per heavy atom. The van der Waals surface area contributed by atoms with Crippen LogP contribution >= 0.6 is 0 Å². The molecule has 2 aromatic rings. The van der Waals surface area contributed by atoms with Gasteiger partial charge in [-0.2, -0.15) is 4.98 Å². The van der Waals surface area contributed by atoms with Crippen LogP contribution < -0.4 is 16.0 Å². The summed E-state index contributed by atoms with van der Waals surface area (Å²) in [6, 6.07) is 3.24. The smallest absolute Gasteiger partial charge is 0.339 e. The van der Waals surface area contributed by atoms with E-state index in [1.165, 1.54) is 7.05 Å². The van der Waals surface area contributed by atoms with Gasteiger partial charge in [0.15, 0.2) is 5.65 Å². The van der Waals surface area contributed by atoms with E-state index in [-0.39, 0.29) is 11.3 Å². The average molecular weight is 345 g/mol. The molecule has 10 heteroatoms. The summed E-state index contributed by atoms with van der Waals surface area (Å²) in [5, 5.41) is 16.0. The van der Waals surface area contributed by atoms with E-state index in [1.54, 1.807) is 22.8 Å². The lowest BCUT2D eigenvalue weighted by Gasteiger charge is -2.09. The highest BCUT2D eigenvalue weighted by Crippen LogP contribution is 2.14. The molecule has 0 radical (unpaired) electrons. The largest absolute Gasteiger partial charge is 0.478 e. The SMILES string of the molecule is CCN(C)c1nc2cc(NC(=O)C(=NC)C(=CN)C(=O)O)ccn2n1. The Labute approximate surface area is 143 Å². The first kappa shape index (κ1) is 17.9. The first-order valence-corrected chi connectivity index (χ1v) is 7.42. The second-order valence-corrected chi connectivity index (χ2v) is 5.06. The van der Waals surface area contributed by atoms with Gasteiger partial charge in [-0.3, -0.25) is 9.79 Å². The summed E-state index contributed by atoms with van der Waals surface area (Å²) in [7, 11) is 3.18. The number of aromatic nitrogens is 3. The van der Waals surface area contributed by atoms with Gasteiger partial charge >= 0.3 is 5.97 Å². The Hall–Kier alpha value is -3.43. The summed E-state index contributed by atoms with van der Waals surface area (Å²) < 4.78 is 1.58. The number of carbonyl (C=O) groups is 2. The maximum Gasteiger partial charge on any atom is 0.339 e. The normalized spacial score (nSPS) is 12.3. The number of carbonyl (C=O) groups excluding carboxylic acids is 1. The van der Waals surface area contributed by atoms with E-state index in [0.29, 0.717) is 17.3 Å². The van der Waals surface area contributed by atoms with Crippen LogP contribution in [-0.4, -0.2) is 57.9 Å². The van der Waals surface area contributed by atoms with Crippen LogP contribution in [-0.2, 0) is 9.59 Å². The molecule has 0 atom stereocenters. The van der Waals surface area contributed by atoms with Crippen molar-refractivity contribution < 1.29 is 14.7 Å². The van der Waals surface area contributed by atoms with E-state index in [1.807, 2.05) is 18.9 Å². The van der Waals surface area contributed by atoms with E-state index >= 15 is 0 Å². The molecule has 0 spiro atoms. The average Bonchev–Trinajstić information content (AvgIpc) is 3.01. The predicted octanol–water partition coefficient (Wildman–Crippen LogP) is 0.122. The molecule has 2 heterocycles. The van der Waals surface area contributed by atoms with E-state index in [9.17, 15) is 9.59 Å². The highest BCUT2D eigenvalue weighted by molar-refractivity contribution is 6.53. The van der Waals surface area contributed by atoms with Crippen molar-refractivity contribution in [3.05, 3.63) is 30.1 Å². The van der Waals surface area contributed by atoms with Crippen LogP contribution in [0.15, 0.2) is 35.1 Å². The topological polar surface area (TPSA) is 138 Å². The summed E-state index contributed by atoms with van der Waals surface area (Å²) in [5.74, 6) is -1.46. The lowest BCUT2D eigenvalue weighted by Crippen LogP contribution is -2.28. The summed E-state index contributed by atoms with van der Waals surface area (Å²) in [6.45, 7) is 2.73. The molecule has 1 amide bonds. The minimum Gasteiger partial charge on any atom is -0.478 e. The van der Waals surface area contributed by atoms with Gasteiger partial charge < -0.3 is 21.1 Å². The Bertz CT molecular complexity index is 869. The number of aliphatic imine (C=N–C) groups is 1. The molecule has 0 aliphatic heterocycles. The van der Waals surface area contributed by atoms with Gasteiger partial charge in [0, 0.05) is 44.8 Å². The third-order valence-electron chi connectivity index (χ3n) is 3.49. The standard InChI is InChI=1S/C15H19N7O3/c1-4-21(3)15-19-11-7-9(5-6-22(11)20-15)18-13(23)12(17-2)10(8-16)14(24)25/h5-8H,4,16H2,1-3H3,(H,18,23)(H,24,25). The summed E-state index contributed by atoms with van der Waals surface area (Å²) >= 11 is 0. The third kappa shape index (κ3) is 3.74. The fourth-order valence-electron chi connectivity index (χ4n) is 2.04. The van der Waals surface area contributed by atoms with Gasteiger partial charge in [0.25, 0.3) is 5.91 Å². The Morgan fingerprint density at radius 1 is 1.52 bits per heavy atom. The Morgan fingerprint density at radius 2 is 2.24 bits per heavy atom. The van der Waals surface area contributed by atoms with Crippen molar-refractivity contribution in [1.82, 2.24) is 14.6 Å². The van der Waals surface area contributed by atoms with Crippen molar-refractivity contribution in [3.8, 4) is 0 Å². The third-order valence-corrected chi connectivity index (χ3v) is 3.49. The number of carboxylic acid groups (broad SMARTS) is 1. The fraction of sp³-hybridized carbons (Fsp3) is 0.267. The lowest BCUT2D eigenvalue weighted by atomic mass is 10.1. The fourth-order valence-corrected chi connectivity index (χ4v) is 2.04. The minimum atomic E-state index is -1.33. The molecule has 2 aromatic heterocycles. The Balaban J connectivity index is 2.27. The number of fused-ring (bicyclic) bond motifs is 1. The molecule has 4 N–H and O–H groups in total. The molecule has 0 aliphatic carbocycles. The van der Waals surface area contributed by atoms with Gasteiger partial charge in [-0.05, 0) is 13.0 Å². The zero-order valence-electron chi connectivity index (χ0n) is 14.1. The molecule has 0 aromatic carbocycles. The molecule has 132 valence electrons. The monoisotopic (exact) mass is 345 g/mol. The second kappa shape index (κ2) is 7.43. The van der Waals surface area contributed by atoms with Crippen LogP contribution in [0.2, 0.25) is 0 Å². The molecular formula is C15H19N7O3. The number of hydrogen-bond donors (Lipinski definition) is 3. The number of nitrogens with two attached hydrogens (primary N) is 1. The van der Waals surface area contributed by atoms with Gasteiger partial charge in [-0.15, -0.1) is 5.10 Å². The predicted molar refractivity (Wildman–Crippen MR) is 93.8 cm³/mol. The van der Waals surface area contributed by atoms with Crippen LogP contribution in [0.1, 0.15) is 6.92 Å². The number of rotatable bonds is 6. The van der Waals surface area contributed by atoms with Crippen molar-refractivity contribution in [1.29, 1.82) is 0 Å². The molecule has 0 unspecified atom stereocenters. The minimum absolute atomic E-state index is 0.275. The number of carboxylic acids is 1. The molecular weight excluding hydrogens is 326 g/mol. The number of hydrogen-bond acceptors (Lipinski definition) is 7. The molecule has 0 fully saturated rings. The van der Waals surface area contributed by atoms with Crippen molar-refractivity contribution in [2.45, 2.75) is 6.92 Å². The van der Waals surface area contributed by atoms with Gasteiger partial charge in [0.2, 0.25) is 5.95 Å². The molecule has 0 bridgehead atoms. The Kier molecular flexibility index (Phi) is 5.32. The van der Waals surface area contributed by atoms with Crippen molar-refractivity contribution in [2.75, 3.05) is 30.9 Å². The van der Waals surface area contributed by atoms with Crippen LogP contribution in [0.4, 0.5) is 11.6 Å². The van der Waals surface area contributed by atoms with Crippen LogP contribution in [0.25, 0.3) is 5.65 Å². The first-order valence-electron chi connectivity index (χ1n) is 7.42. The summed E-state index contributed by atoms with van der Waals surface area (Å²) in [6.07, 6.45) is 2.48. The summed E-state index contributed by atoms with van der Waals surface area (Å²) in [4.78, 5) is 33.4. The summed E-state index contributed by atoms with van der Waals surface area (Å²) in [5.41, 5.74) is 5.58. The number of aliphatic carboxylic acids is 1.